The lowest BCUT2D eigenvalue weighted by Crippen LogP contribution is -2.26. The number of benzene rings is 9. The SMILES string of the molecule is c1ccc(-c2nc(-c3ccc4c(c3)oc3ccccc34)nc(-c3ccccc3-c3cccc(-c4cccc5c4C4(c6ccccc6-c6ccccc64)c4ccccc4-5)c3)n2)cc1. The van der Waals surface area contributed by atoms with Crippen LogP contribution in [0.5, 0.6) is 0 Å². The molecule has 0 fully saturated rings. The van der Waals surface area contributed by atoms with Gasteiger partial charge in [-0.25, -0.2) is 15.0 Å². The topological polar surface area (TPSA) is 51.8 Å². The Kier molecular flexibility index (Phi) is 7.49. The number of rotatable bonds is 5. The molecular formula is C58H35N3O. The normalized spacial score (nSPS) is 13.0. The predicted octanol–water partition coefficient (Wildman–Crippen LogP) is 14.4. The molecule has 0 bridgehead atoms. The average Bonchev–Trinajstić information content (AvgIpc) is 3.98. The third kappa shape index (κ3) is 4.98. The van der Waals surface area contributed by atoms with E-state index in [2.05, 4.69) is 158 Å². The highest BCUT2D eigenvalue weighted by molar-refractivity contribution is 6.06. The summed E-state index contributed by atoms with van der Waals surface area (Å²) in [5.41, 5.74) is 18.9. The molecule has 0 amide bonds. The molecule has 0 unspecified atom stereocenters. The first-order valence-electron chi connectivity index (χ1n) is 21.1. The van der Waals surface area contributed by atoms with E-state index in [0.29, 0.717) is 17.5 Å². The van der Waals surface area contributed by atoms with Crippen LogP contribution in [0.4, 0.5) is 0 Å². The van der Waals surface area contributed by atoms with Gasteiger partial charge in [-0.15, -0.1) is 0 Å². The van der Waals surface area contributed by atoms with Crippen LogP contribution in [-0.4, -0.2) is 15.0 Å². The minimum atomic E-state index is -0.454. The number of furan rings is 1. The first-order chi connectivity index (χ1) is 30.7. The molecule has 9 aromatic carbocycles. The van der Waals surface area contributed by atoms with Gasteiger partial charge in [0.05, 0.1) is 5.41 Å². The second-order valence-electron chi connectivity index (χ2n) is 16.2. The van der Waals surface area contributed by atoms with Gasteiger partial charge in [-0.1, -0.05) is 188 Å². The van der Waals surface area contributed by atoms with Crippen molar-refractivity contribution in [1.82, 2.24) is 15.0 Å². The molecule has 4 nitrogen and oxygen atoms in total. The Labute approximate surface area is 358 Å². The van der Waals surface area contributed by atoms with E-state index >= 15 is 0 Å². The first kappa shape index (κ1) is 34.6. The number of fused-ring (bicyclic) bond motifs is 13. The van der Waals surface area contributed by atoms with Crippen LogP contribution in [0.15, 0.2) is 217 Å². The highest BCUT2D eigenvalue weighted by Crippen LogP contribution is 2.64. The standard InChI is InChI=1S/C58H35N3O/c1-2-16-36(17-3-1)55-59-56(39-32-33-46-45-24-9-13-31-52(45)62-53(46)35-39)61-57(60-55)48-25-5-4-20-40(48)37-18-14-19-38(34-37)41-26-15-27-47-44-23-8-12-30-51(44)58(54(41)47)49-28-10-6-21-42(49)43-22-7-11-29-50(43)58/h1-35H. The molecule has 2 aliphatic rings. The largest absolute Gasteiger partial charge is 0.456 e. The fraction of sp³-hybridized carbons (Fsp3) is 0.0172. The molecule has 0 N–H and O–H groups in total. The third-order valence-corrected chi connectivity index (χ3v) is 13.0. The zero-order chi connectivity index (χ0) is 40.8. The van der Waals surface area contributed by atoms with E-state index in [-0.39, 0.29) is 0 Å². The van der Waals surface area contributed by atoms with E-state index in [1.54, 1.807) is 0 Å². The summed E-state index contributed by atoms with van der Waals surface area (Å²) in [7, 11) is 0. The van der Waals surface area contributed by atoms with Gasteiger partial charge >= 0.3 is 0 Å². The summed E-state index contributed by atoms with van der Waals surface area (Å²) < 4.78 is 6.31. The summed E-state index contributed by atoms with van der Waals surface area (Å²) >= 11 is 0. The van der Waals surface area contributed by atoms with E-state index in [9.17, 15) is 0 Å². The monoisotopic (exact) mass is 789 g/mol. The Bertz CT molecular complexity index is 3540. The van der Waals surface area contributed by atoms with Crippen molar-refractivity contribution in [1.29, 1.82) is 0 Å². The quantitative estimate of drug-likeness (QED) is 0.174. The van der Waals surface area contributed by atoms with Crippen LogP contribution in [-0.2, 0) is 5.41 Å². The minimum Gasteiger partial charge on any atom is -0.456 e. The number of hydrogen-bond acceptors (Lipinski definition) is 4. The molecule has 4 heteroatoms. The molecular weight excluding hydrogens is 755 g/mol. The molecule has 0 atom stereocenters. The summed E-state index contributed by atoms with van der Waals surface area (Å²) in [6, 6.07) is 75.8. The van der Waals surface area contributed by atoms with Crippen molar-refractivity contribution < 1.29 is 4.42 Å². The van der Waals surface area contributed by atoms with Gasteiger partial charge in [0, 0.05) is 27.5 Å². The number of para-hydroxylation sites is 1. The van der Waals surface area contributed by atoms with Crippen molar-refractivity contribution in [2.75, 3.05) is 0 Å². The van der Waals surface area contributed by atoms with Crippen molar-refractivity contribution in [2.45, 2.75) is 5.41 Å². The lowest BCUT2D eigenvalue weighted by atomic mass is 9.68. The Morgan fingerprint density at radius 1 is 0.290 bits per heavy atom. The molecule has 62 heavy (non-hydrogen) atoms. The van der Waals surface area contributed by atoms with Gasteiger partial charge in [0.25, 0.3) is 0 Å². The van der Waals surface area contributed by atoms with Crippen LogP contribution in [0.25, 0.3) is 101 Å². The highest BCUT2D eigenvalue weighted by Gasteiger charge is 2.52. The maximum Gasteiger partial charge on any atom is 0.164 e. The maximum atomic E-state index is 6.31. The Morgan fingerprint density at radius 3 is 1.50 bits per heavy atom. The van der Waals surface area contributed by atoms with E-state index in [0.717, 1.165) is 55.3 Å². The molecule has 0 radical (unpaired) electrons. The zero-order valence-electron chi connectivity index (χ0n) is 33.5. The van der Waals surface area contributed by atoms with E-state index in [4.69, 9.17) is 19.4 Å². The van der Waals surface area contributed by atoms with Crippen LogP contribution in [0.2, 0.25) is 0 Å². The van der Waals surface area contributed by atoms with Gasteiger partial charge in [0.1, 0.15) is 11.2 Å². The van der Waals surface area contributed by atoms with Gasteiger partial charge in [-0.05, 0) is 91.0 Å². The second kappa shape index (κ2) is 13.4. The fourth-order valence-electron chi connectivity index (χ4n) is 10.4. The van der Waals surface area contributed by atoms with Crippen molar-refractivity contribution in [2.24, 2.45) is 0 Å². The smallest absolute Gasteiger partial charge is 0.164 e. The van der Waals surface area contributed by atoms with E-state index in [1.807, 2.05) is 54.6 Å². The average molecular weight is 790 g/mol. The van der Waals surface area contributed by atoms with Crippen molar-refractivity contribution in [3.63, 3.8) is 0 Å². The molecule has 0 saturated carbocycles. The van der Waals surface area contributed by atoms with Crippen LogP contribution in [0.3, 0.4) is 0 Å². The highest BCUT2D eigenvalue weighted by atomic mass is 16.3. The lowest BCUT2D eigenvalue weighted by molar-refractivity contribution is 0.669. The molecule has 2 aliphatic carbocycles. The molecule has 0 aliphatic heterocycles. The van der Waals surface area contributed by atoms with Crippen LogP contribution in [0, 0.1) is 0 Å². The Balaban J connectivity index is 0.987. The van der Waals surface area contributed by atoms with Crippen molar-refractivity contribution >= 4 is 21.9 Å². The summed E-state index contributed by atoms with van der Waals surface area (Å²) in [6.07, 6.45) is 0. The van der Waals surface area contributed by atoms with E-state index in [1.165, 1.54) is 50.1 Å². The summed E-state index contributed by atoms with van der Waals surface area (Å²) in [4.78, 5) is 15.5. The number of aromatic nitrogens is 3. The molecule has 13 rings (SSSR count). The van der Waals surface area contributed by atoms with Gasteiger partial charge in [0.2, 0.25) is 0 Å². The molecule has 0 saturated heterocycles. The molecule has 2 aromatic heterocycles. The van der Waals surface area contributed by atoms with Crippen LogP contribution < -0.4 is 0 Å². The second-order valence-corrected chi connectivity index (χ2v) is 16.2. The molecule has 1 spiro atoms. The van der Waals surface area contributed by atoms with Crippen LogP contribution >= 0.6 is 0 Å². The third-order valence-electron chi connectivity index (χ3n) is 13.0. The van der Waals surface area contributed by atoms with E-state index < -0.39 is 5.41 Å². The minimum absolute atomic E-state index is 0.454. The van der Waals surface area contributed by atoms with Crippen molar-refractivity contribution in [3.05, 3.63) is 235 Å². The number of hydrogen-bond donors (Lipinski definition) is 0. The van der Waals surface area contributed by atoms with Crippen LogP contribution in [0.1, 0.15) is 22.3 Å². The van der Waals surface area contributed by atoms with Gasteiger partial charge in [0.15, 0.2) is 17.5 Å². The first-order valence-corrected chi connectivity index (χ1v) is 21.1. The molecule has 288 valence electrons. The fourth-order valence-corrected chi connectivity index (χ4v) is 10.4. The molecule has 11 aromatic rings. The lowest BCUT2D eigenvalue weighted by Gasteiger charge is -2.32. The summed E-state index contributed by atoms with van der Waals surface area (Å²) in [6.45, 7) is 0. The van der Waals surface area contributed by atoms with Gasteiger partial charge in [-0.2, -0.15) is 0 Å². The Hall–Kier alpha value is -8.21. The summed E-state index contributed by atoms with van der Waals surface area (Å²) in [5.74, 6) is 1.80. The van der Waals surface area contributed by atoms with Gasteiger partial charge < -0.3 is 4.42 Å². The van der Waals surface area contributed by atoms with Crippen molar-refractivity contribution in [3.8, 4) is 78.7 Å². The number of nitrogens with zero attached hydrogens (tertiary/aromatic N) is 3. The Morgan fingerprint density at radius 2 is 0.774 bits per heavy atom. The molecule has 2 heterocycles. The predicted molar refractivity (Wildman–Crippen MR) is 251 cm³/mol. The zero-order valence-corrected chi connectivity index (χ0v) is 33.5. The summed E-state index contributed by atoms with van der Waals surface area (Å²) in [5, 5.41) is 2.15. The maximum absolute atomic E-state index is 6.31. The van der Waals surface area contributed by atoms with Gasteiger partial charge in [-0.3, -0.25) is 0 Å².